The molecule has 4 atom stereocenters. The van der Waals surface area contributed by atoms with Crippen LogP contribution in [0.2, 0.25) is 0 Å². The number of aliphatic hydroxyl groups is 1. The molecule has 4 rings (SSSR count). The molecule has 0 radical (unpaired) electrons. The molecule has 2 nitrogen and oxygen atoms in total. The molecule has 3 heteroatoms. The van der Waals surface area contributed by atoms with E-state index in [1.54, 1.807) is 12.1 Å². The van der Waals surface area contributed by atoms with Gasteiger partial charge in [-0.15, -0.1) is 0 Å². The fraction of sp³-hybridized carbons (Fsp3) is 0.280. The normalized spacial score (nSPS) is 27.5. The third kappa shape index (κ3) is 3.48. The van der Waals surface area contributed by atoms with Gasteiger partial charge >= 0.3 is 0 Å². The number of halogens is 1. The molecule has 1 saturated heterocycles. The first-order valence-electron chi connectivity index (χ1n) is 9.96. The minimum Gasteiger partial charge on any atom is -0.385 e. The topological polar surface area (TPSA) is 32.3 Å². The average molecular weight is 375 g/mol. The van der Waals surface area contributed by atoms with E-state index in [9.17, 15) is 9.50 Å². The Balaban J connectivity index is 1.81. The predicted molar refractivity (Wildman–Crippen MR) is 110 cm³/mol. The third-order valence-electron chi connectivity index (χ3n) is 6.06. The van der Waals surface area contributed by atoms with Gasteiger partial charge in [0.25, 0.3) is 0 Å². The van der Waals surface area contributed by atoms with Crippen molar-refractivity contribution < 1.29 is 9.50 Å². The summed E-state index contributed by atoms with van der Waals surface area (Å²) in [6.45, 7) is 2.11. The maximum absolute atomic E-state index is 13.5. The van der Waals surface area contributed by atoms with Gasteiger partial charge in [0.15, 0.2) is 0 Å². The molecule has 3 aromatic carbocycles. The molecule has 1 aliphatic rings. The largest absolute Gasteiger partial charge is 0.385 e. The van der Waals surface area contributed by atoms with Crippen molar-refractivity contribution in [2.75, 3.05) is 0 Å². The van der Waals surface area contributed by atoms with Crippen LogP contribution < -0.4 is 5.32 Å². The van der Waals surface area contributed by atoms with Gasteiger partial charge < -0.3 is 10.4 Å². The van der Waals surface area contributed by atoms with Gasteiger partial charge in [0.2, 0.25) is 0 Å². The fourth-order valence-electron chi connectivity index (χ4n) is 4.66. The van der Waals surface area contributed by atoms with Gasteiger partial charge in [-0.3, -0.25) is 0 Å². The molecule has 0 unspecified atom stereocenters. The van der Waals surface area contributed by atoms with Crippen LogP contribution >= 0.6 is 0 Å². The first-order chi connectivity index (χ1) is 13.6. The van der Waals surface area contributed by atoms with E-state index in [4.69, 9.17) is 0 Å². The Morgan fingerprint density at radius 2 is 1.46 bits per heavy atom. The second kappa shape index (κ2) is 7.86. The highest BCUT2D eigenvalue weighted by atomic mass is 19.1. The zero-order valence-electron chi connectivity index (χ0n) is 16.1. The number of benzene rings is 3. The van der Waals surface area contributed by atoms with Crippen LogP contribution in [0.5, 0.6) is 0 Å². The van der Waals surface area contributed by atoms with Crippen molar-refractivity contribution in [2.24, 2.45) is 5.92 Å². The highest BCUT2D eigenvalue weighted by Crippen LogP contribution is 2.49. The summed E-state index contributed by atoms with van der Waals surface area (Å²) in [6.07, 6.45) is 1.35. The summed E-state index contributed by atoms with van der Waals surface area (Å²) in [7, 11) is 0. The van der Waals surface area contributed by atoms with Crippen LogP contribution in [-0.2, 0) is 5.60 Å². The van der Waals surface area contributed by atoms with E-state index in [2.05, 4.69) is 36.5 Å². The first-order valence-corrected chi connectivity index (χ1v) is 9.96. The lowest BCUT2D eigenvalue weighted by atomic mass is 9.67. The third-order valence-corrected chi connectivity index (χ3v) is 6.06. The molecule has 3 aromatic rings. The zero-order valence-corrected chi connectivity index (χ0v) is 16.1. The van der Waals surface area contributed by atoms with Crippen LogP contribution in [0, 0.1) is 11.7 Å². The van der Waals surface area contributed by atoms with Crippen LogP contribution in [0.4, 0.5) is 4.39 Å². The molecule has 0 amide bonds. The van der Waals surface area contributed by atoms with Crippen LogP contribution in [0.1, 0.15) is 48.5 Å². The highest BCUT2D eigenvalue weighted by Gasteiger charge is 2.48. The van der Waals surface area contributed by atoms with Gasteiger partial charge in [-0.1, -0.05) is 79.7 Å². The lowest BCUT2D eigenvalue weighted by Gasteiger charge is -2.49. The van der Waals surface area contributed by atoms with E-state index in [1.807, 2.05) is 36.4 Å². The summed E-state index contributed by atoms with van der Waals surface area (Å²) < 4.78 is 13.5. The van der Waals surface area contributed by atoms with Gasteiger partial charge in [-0.25, -0.2) is 4.39 Å². The Labute approximate surface area is 166 Å². The molecule has 0 spiro atoms. The van der Waals surface area contributed by atoms with Crippen LogP contribution in [0.3, 0.4) is 0 Å². The van der Waals surface area contributed by atoms with Crippen molar-refractivity contribution in [2.45, 2.75) is 37.5 Å². The lowest BCUT2D eigenvalue weighted by molar-refractivity contribution is -0.0830. The monoisotopic (exact) mass is 375 g/mol. The van der Waals surface area contributed by atoms with E-state index in [0.717, 1.165) is 23.1 Å². The van der Waals surface area contributed by atoms with Crippen molar-refractivity contribution in [3.8, 4) is 0 Å². The minimum absolute atomic E-state index is 0.000194. The number of hydrogen-bond acceptors (Lipinski definition) is 2. The Bertz CT molecular complexity index is 897. The maximum Gasteiger partial charge on any atom is 0.123 e. The highest BCUT2D eigenvalue weighted by molar-refractivity contribution is 5.32. The minimum atomic E-state index is -1.05. The van der Waals surface area contributed by atoms with Gasteiger partial charge in [0, 0.05) is 24.4 Å². The van der Waals surface area contributed by atoms with Crippen molar-refractivity contribution >= 4 is 0 Å². The zero-order chi connectivity index (χ0) is 19.6. The summed E-state index contributed by atoms with van der Waals surface area (Å²) in [5.74, 6) is -0.311. The molecule has 0 bridgehead atoms. The summed E-state index contributed by atoms with van der Waals surface area (Å²) in [6, 6.07) is 26.9. The molecule has 2 N–H and O–H groups in total. The Hall–Kier alpha value is -2.49. The second-order valence-electron chi connectivity index (χ2n) is 7.67. The molecule has 1 aliphatic heterocycles. The van der Waals surface area contributed by atoms with E-state index in [1.165, 1.54) is 12.1 Å². The van der Waals surface area contributed by atoms with Gasteiger partial charge in [-0.2, -0.15) is 0 Å². The summed E-state index contributed by atoms with van der Waals surface area (Å²) in [5.41, 5.74) is 2.05. The van der Waals surface area contributed by atoms with E-state index in [-0.39, 0.29) is 23.8 Å². The van der Waals surface area contributed by atoms with Gasteiger partial charge in [-0.05, 0) is 35.2 Å². The Kier molecular flexibility index (Phi) is 5.29. The molecule has 0 saturated carbocycles. The molecule has 0 aromatic heterocycles. The molecule has 1 fully saturated rings. The number of piperidine rings is 1. The molecule has 0 aliphatic carbocycles. The molecule has 1 heterocycles. The number of nitrogens with one attached hydrogen (secondary N) is 1. The number of rotatable bonds is 4. The average Bonchev–Trinajstić information content (AvgIpc) is 2.75. The standard InChI is InChI=1S/C25H26FNO/c1-2-22-24(19-11-7-4-8-12-19)27-23(18-9-5-3-6-10-18)17-25(22,28)20-13-15-21(26)16-14-20/h3-16,22-24,27-28H,2,17H2,1H3/t22-,23-,24+,25+/m0/s1. The second-order valence-corrected chi connectivity index (χ2v) is 7.67. The van der Waals surface area contributed by atoms with Crippen LogP contribution in [0.15, 0.2) is 84.9 Å². The van der Waals surface area contributed by atoms with E-state index >= 15 is 0 Å². The van der Waals surface area contributed by atoms with Gasteiger partial charge in [0.1, 0.15) is 5.82 Å². The molecule has 144 valence electrons. The lowest BCUT2D eigenvalue weighted by Crippen LogP contribution is -2.51. The molecule has 28 heavy (non-hydrogen) atoms. The maximum atomic E-state index is 13.5. The quantitative estimate of drug-likeness (QED) is 0.630. The van der Waals surface area contributed by atoms with Crippen LogP contribution in [0.25, 0.3) is 0 Å². The number of hydrogen-bond donors (Lipinski definition) is 2. The summed E-state index contributed by atoms with van der Waals surface area (Å²) >= 11 is 0. The summed E-state index contributed by atoms with van der Waals surface area (Å²) in [4.78, 5) is 0. The summed E-state index contributed by atoms with van der Waals surface area (Å²) in [5, 5.41) is 15.8. The predicted octanol–water partition coefficient (Wildman–Crippen LogP) is 5.52. The van der Waals surface area contributed by atoms with Crippen molar-refractivity contribution in [1.29, 1.82) is 0 Å². The van der Waals surface area contributed by atoms with Crippen molar-refractivity contribution in [3.05, 3.63) is 107 Å². The van der Waals surface area contributed by atoms with Gasteiger partial charge in [0.05, 0.1) is 5.60 Å². The molecular formula is C25H26FNO. The van der Waals surface area contributed by atoms with E-state index < -0.39 is 5.60 Å². The van der Waals surface area contributed by atoms with Crippen molar-refractivity contribution in [3.63, 3.8) is 0 Å². The Morgan fingerprint density at radius 1 is 0.893 bits per heavy atom. The SMILES string of the molecule is CC[C@H]1[C@@H](c2ccccc2)N[C@H](c2ccccc2)C[C@@]1(O)c1ccc(F)cc1. The first kappa shape index (κ1) is 18.9. The Morgan fingerprint density at radius 3 is 2.04 bits per heavy atom. The molecular weight excluding hydrogens is 349 g/mol. The van der Waals surface area contributed by atoms with E-state index in [0.29, 0.717) is 6.42 Å². The van der Waals surface area contributed by atoms with Crippen LogP contribution in [-0.4, -0.2) is 5.11 Å². The fourth-order valence-corrected chi connectivity index (χ4v) is 4.66. The van der Waals surface area contributed by atoms with Crippen molar-refractivity contribution in [1.82, 2.24) is 5.32 Å². The smallest absolute Gasteiger partial charge is 0.123 e.